The summed E-state index contributed by atoms with van der Waals surface area (Å²) in [6.45, 7) is -1.02. The first-order valence-corrected chi connectivity index (χ1v) is 17.1. The molecule has 0 spiro atoms. The van der Waals surface area contributed by atoms with Gasteiger partial charge in [-0.15, -0.1) is 0 Å². The van der Waals surface area contributed by atoms with Gasteiger partial charge in [0.15, 0.2) is 0 Å². The molecule has 45 heavy (non-hydrogen) atoms. The predicted molar refractivity (Wildman–Crippen MR) is 170 cm³/mol. The fraction of sp³-hybridized carbons (Fsp3) is 0.375. The Balaban J connectivity index is 1.76. The molecule has 1 aliphatic carbocycles. The maximum Gasteiger partial charge on any atom is 0.417 e. The minimum Gasteiger partial charge on any atom is -0.352 e. The molecular formula is C32H34Cl2F3N3O4S. The van der Waals surface area contributed by atoms with Crippen LogP contribution in [-0.2, 0) is 38.8 Å². The van der Waals surface area contributed by atoms with Crippen molar-refractivity contribution in [3.05, 3.63) is 99.5 Å². The molecule has 4 rings (SSSR count). The van der Waals surface area contributed by atoms with Crippen LogP contribution in [0, 0.1) is 0 Å². The number of sulfonamides is 1. The van der Waals surface area contributed by atoms with Crippen LogP contribution in [-0.4, -0.2) is 50.0 Å². The highest BCUT2D eigenvalue weighted by molar-refractivity contribution is 7.92. The minimum absolute atomic E-state index is 0.0795. The molecule has 13 heteroatoms. The molecule has 2 amide bonds. The average Bonchev–Trinajstić information content (AvgIpc) is 2.98. The van der Waals surface area contributed by atoms with Crippen molar-refractivity contribution in [3.8, 4) is 0 Å². The van der Waals surface area contributed by atoms with E-state index in [0.717, 1.165) is 56.1 Å². The van der Waals surface area contributed by atoms with Gasteiger partial charge in [-0.05, 0) is 48.2 Å². The quantitative estimate of drug-likeness (QED) is 0.239. The van der Waals surface area contributed by atoms with E-state index in [9.17, 15) is 31.2 Å². The Morgan fingerprint density at radius 2 is 1.58 bits per heavy atom. The van der Waals surface area contributed by atoms with Crippen LogP contribution in [0.2, 0.25) is 10.0 Å². The van der Waals surface area contributed by atoms with Gasteiger partial charge in [0, 0.05) is 24.0 Å². The maximum absolute atomic E-state index is 14.2. The third-order valence-corrected chi connectivity index (χ3v) is 9.58. The van der Waals surface area contributed by atoms with Gasteiger partial charge in [-0.25, -0.2) is 8.42 Å². The number of benzene rings is 3. The third kappa shape index (κ3) is 9.37. The van der Waals surface area contributed by atoms with Gasteiger partial charge < -0.3 is 10.2 Å². The van der Waals surface area contributed by atoms with E-state index >= 15 is 0 Å². The largest absolute Gasteiger partial charge is 0.417 e. The Hall–Kier alpha value is -3.28. The van der Waals surface area contributed by atoms with E-state index in [4.69, 9.17) is 23.2 Å². The predicted octanol–water partition coefficient (Wildman–Crippen LogP) is 6.87. The zero-order valence-electron chi connectivity index (χ0n) is 24.6. The fourth-order valence-corrected chi connectivity index (χ4v) is 6.67. The summed E-state index contributed by atoms with van der Waals surface area (Å²) in [4.78, 5) is 29.4. The second kappa shape index (κ2) is 14.9. The molecule has 0 aliphatic heterocycles. The number of alkyl halides is 3. The molecule has 242 valence electrons. The van der Waals surface area contributed by atoms with Gasteiger partial charge in [-0.2, -0.15) is 13.2 Å². The summed E-state index contributed by atoms with van der Waals surface area (Å²) in [5.74, 6) is -1.22. The summed E-state index contributed by atoms with van der Waals surface area (Å²) >= 11 is 12.2. The molecule has 3 aromatic carbocycles. The van der Waals surface area contributed by atoms with Gasteiger partial charge in [0.1, 0.15) is 12.6 Å². The van der Waals surface area contributed by atoms with Crippen molar-refractivity contribution in [2.45, 2.75) is 63.3 Å². The normalized spacial score (nSPS) is 14.9. The summed E-state index contributed by atoms with van der Waals surface area (Å²) in [7, 11) is -4.28. The number of anilines is 1. The van der Waals surface area contributed by atoms with Crippen LogP contribution >= 0.6 is 23.2 Å². The number of carbonyl (C=O) groups excluding carboxylic acids is 2. The topological polar surface area (TPSA) is 86.8 Å². The van der Waals surface area contributed by atoms with E-state index < -0.39 is 56.9 Å². The molecule has 0 radical (unpaired) electrons. The Kier molecular flexibility index (Phi) is 11.4. The molecule has 0 bridgehead atoms. The van der Waals surface area contributed by atoms with Gasteiger partial charge in [0.25, 0.3) is 0 Å². The first kappa shape index (κ1) is 34.6. The maximum atomic E-state index is 14.2. The van der Waals surface area contributed by atoms with E-state index in [2.05, 4.69) is 5.32 Å². The molecule has 0 aromatic heterocycles. The molecule has 1 atom stereocenters. The van der Waals surface area contributed by atoms with E-state index in [1.807, 2.05) is 18.2 Å². The molecule has 1 fully saturated rings. The number of carbonyl (C=O) groups is 2. The second-order valence-electron chi connectivity index (χ2n) is 11.1. The van der Waals surface area contributed by atoms with Crippen molar-refractivity contribution >= 4 is 50.7 Å². The highest BCUT2D eigenvalue weighted by atomic mass is 35.5. The minimum atomic E-state index is -4.87. The Bertz CT molecular complexity index is 1600. The third-order valence-electron chi connectivity index (χ3n) is 7.74. The van der Waals surface area contributed by atoms with Gasteiger partial charge in [-0.3, -0.25) is 13.9 Å². The zero-order chi connectivity index (χ0) is 32.8. The molecule has 1 aliphatic rings. The van der Waals surface area contributed by atoms with Crippen molar-refractivity contribution in [2.75, 3.05) is 17.1 Å². The first-order valence-electron chi connectivity index (χ1n) is 14.5. The molecule has 0 heterocycles. The lowest BCUT2D eigenvalue weighted by atomic mass is 9.94. The summed E-state index contributed by atoms with van der Waals surface area (Å²) in [6.07, 6.45) is 0.602. The average molecular weight is 685 g/mol. The zero-order valence-corrected chi connectivity index (χ0v) is 26.9. The van der Waals surface area contributed by atoms with Crippen LogP contribution in [0.4, 0.5) is 18.9 Å². The van der Waals surface area contributed by atoms with Crippen LogP contribution in [0.1, 0.15) is 48.8 Å². The summed E-state index contributed by atoms with van der Waals surface area (Å²) in [5, 5.41) is 2.79. The lowest BCUT2D eigenvalue weighted by Crippen LogP contribution is -2.55. The molecule has 3 aromatic rings. The van der Waals surface area contributed by atoms with Crippen LogP contribution in [0.15, 0.2) is 72.8 Å². The van der Waals surface area contributed by atoms with Crippen molar-refractivity contribution in [1.82, 2.24) is 10.2 Å². The number of hydrogen-bond acceptors (Lipinski definition) is 4. The SMILES string of the molecule is CS(=O)(=O)N(CC(=O)N(Cc1ccccc1Cl)[C@@H](Cc1ccccc1)C(=O)NC1CCCCC1)c1ccc(Cl)c(C(F)(F)F)c1. The number of hydrogen-bond donors (Lipinski definition) is 1. The van der Waals surface area contributed by atoms with Gasteiger partial charge in [-0.1, -0.05) is 91.0 Å². The molecule has 7 nitrogen and oxygen atoms in total. The number of nitrogens with zero attached hydrogens (tertiary/aromatic N) is 2. The lowest BCUT2D eigenvalue weighted by Gasteiger charge is -2.35. The lowest BCUT2D eigenvalue weighted by molar-refractivity contribution is -0.140. The second-order valence-corrected chi connectivity index (χ2v) is 13.8. The van der Waals surface area contributed by atoms with E-state index in [0.29, 0.717) is 21.0 Å². The monoisotopic (exact) mass is 683 g/mol. The Morgan fingerprint density at radius 3 is 2.20 bits per heavy atom. The highest BCUT2D eigenvalue weighted by Gasteiger charge is 2.37. The number of nitrogens with one attached hydrogen (secondary N) is 1. The van der Waals surface area contributed by atoms with Gasteiger partial charge >= 0.3 is 6.18 Å². The van der Waals surface area contributed by atoms with Crippen LogP contribution in [0.5, 0.6) is 0 Å². The number of halogens is 5. The number of rotatable bonds is 11. The Morgan fingerprint density at radius 1 is 0.933 bits per heavy atom. The van der Waals surface area contributed by atoms with Gasteiger partial charge in [0.05, 0.1) is 22.5 Å². The summed E-state index contributed by atoms with van der Waals surface area (Å²) < 4.78 is 67.5. The van der Waals surface area contributed by atoms with E-state index in [1.165, 1.54) is 4.90 Å². The summed E-state index contributed by atoms with van der Waals surface area (Å²) in [6, 6.07) is 17.2. The first-order chi connectivity index (χ1) is 21.2. The standard InChI is InChI=1S/C32H34Cl2F3N3O4S/c1-45(43,44)40(25-16-17-28(34)26(19-25)32(35,36)37)21-30(41)39(20-23-12-8-9-15-27(23)33)29(18-22-10-4-2-5-11-22)31(42)38-24-13-6-3-7-14-24/h2,4-5,8-12,15-17,19,24,29H,3,6-7,13-14,18,20-21H2,1H3,(H,38,42)/t29-/m0/s1. The van der Waals surface area contributed by atoms with Gasteiger partial charge in [0.2, 0.25) is 21.8 Å². The van der Waals surface area contributed by atoms with Crippen molar-refractivity contribution < 1.29 is 31.2 Å². The molecule has 1 saturated carbocycles. The van der Waals surface area contributed by atoms with Crippen molar-refractivity contribution in [2.24, 2.45) is 0 Å². The molecule has 1 N–H and O–H groups in total. The fourth-order valence-electron chi connectivity index (χ4n) is 5.41. The van der Waals surface area contributed by atoms with Crippen LogP contribution in [0.25, 0.3) is 0 Å². The highest BCUT2D eigenvalue weighted by Crippen LogP contribution is 2.37. The van der Waals surface area contributed by atoms with Crippen molar-refractivity contribution in [3.63, 3.8) is 0 Å². The van der Waals surface area contributed by atoms with E-state index in [1.54, 1.807) is 36.4 Å². The Labute approximate surface area is 271 Å². The number of amides is 2. The molecule has 0 unspecified atom stereocenters. The van der Waals surface area contributed by atoms with Crippen molar-refractivity contribution in [1.29, 1.82) is 0 Å². The smallest absolute Gasteiger partial charge is 0.352 e. The summed E-state index contributed by atoms with van der Waals surface area (Å²) in [5.41, 5.74) is -0.380. The molecule has 0 saturated heterocycles. The van der Waals surface area contributed by atoms with Crippen LogP contribution in [0.3, 0.4) is 0 Å². The van der Waals surface area contributed by atoms with Crippen LogP contribution < -0.4 is 9.62 Å². The van der Waals surface area contributed by atoms with E-state index in [-0.39, 0.29) is 19.0 Å². The molecular weight excluding hydrogens is 650 g/mol.